The van der Waals surface area contributed by atoms with E-state index in [0.29, 0.717) is 11.4 Å². The monoisotopic (exact) mass is 307 g/mol. The number of aliphatic carboxylic acids is 1. The Morgan fingerprint density at radius 2 is 1.87 bits per heavy atom. The zero-order valence-electron chi connectivity index (χ0n) is 12.0. The summed E-state index contributed by atoms with van der Waals surface area (Å²) in [4.78, 5) is 22.6. The van der Waals surface area contributed by atoms with E-state index in [-0.39, 0.29) is 11.7 Å². The summed E-state index contributed by atoms with van der Waals surface area (Å²) in [7, 11) is 0. The Hall–Kier alpha value is -3.34. The van der Waals surface area contributed by atoms with Crippen LogP contribution in [0.1, 0.15) is 11.1 Å². The normalized spacial score (nSPS) is 15.1. The molecule has 0 unspecified atom stereocenters. The molecule has 0 bridgehead atoms. The number of carboxylic acids is 1. The molecule has 0 fully saturated rings. The molecule has 0 spiro atoms. The van der Waals surface area contributed by atoms with Gasteiger partial charge in [0.05, 0.1) is 5.69 Å². The van der Waals surface area contributed by atoms with E-state index < -0.39 is 5.97 Å². The fourth-order valence-electron chi connectivity index (χ4n) is 2.17. The maximum Gasteiger partial charge on any atom is 0.328 e. The largest absolute Gasteiger partial charge is 0.478 e. The highest BCUT2D eigenvalue weighted by Gasteiger charge is 2.21. The van der Waals surface area contributed by atoms with E-state index in [0.717, 1.165) is 17.2 Å². The smallest absolute Gasteiger partial charge is 0.328 e. The van der Waals surface area contributed by atoms with Gasteiger partial charge in [0.2, 0.25) is 0 Å². The van der Waals surface area contributed by atoms with Crippen LogP contribution in [0.4, 0.5) is 5.69 Å². The summed E-state index contributed by atoms with van der Waals surface area (Å²) < 4.78 is 5.62. The van der Waals surface area contributed by atoms with Gasteiger partial charge in [-0.1, -0.05) is 30.3 Å². The maximum atomic E-state index is 12.1. The van der Waals surface area contributed by atoms with Crippen LogP contribution in [0.25, 0.3) is 12.2 Å². The third-order valence-electron chi connectivity index (χ3n) is 3.21. The Morgan fingerprint density at radius 3 is 2.70 bits per heavy atom. The van der Waals surface area contributed by atoms with E-state index >= 15 is 0 Å². The van der Waals surface area contributed by atoms with E-state index in [1.165, 1.54) is 6.08 Å². The van der Waals surface area contributed by atoms with Crippen LogP contribution in [0.5, 0.6) is 5.75 Å². The highest BCUT2D eigenvalue weighted by molar-refractivity contribution is 6.08. The number of para-hydroxylation sites is 2. The summed E-state index contributed by atoms with van der Waals surface area (Å²) in [6, 6.07) is 14.3. The van der Waals surface area contributed by atoms with Gasteiger partial charge in [-0.05, 0) is 41.5 Å². The number of hydrogen-bond acceptors (Lipinski definition) is 3. The average molecular weight is 307 g/mol. The molecule has 1 aliphatic rings. The molecule has 3 rings (SSSR count). The Morgan fingerprint density at radius 1 is 1.09 bits per heavy atom. The molecule has 1 amide bonds. The third kappa shape index (κ3) is 3.47. The minimum absolute atomic E-state index is 0.183. The van der Waals surface area contributed by atoms with Crippen molar-refractivity contribution < 1.29 is 19.4 Å². The molecule has 5 heteroatoms. The first-order valence-corrected chi connectivity index (χ1v) is 6.93. The molecule has 0 aliphatic carbocycles. The molecule has 1 aliphatic heterocycles. The van der Waals surface area contributed by atoms with Gasteiger partial charge in [-0.15, -0.1) is 0 Å². The lowest BCUT2D eigenvalue weighted by Crippen LogP contribution is -2.23. The third-order valence-corrected chi connectivity index (χ3v) is 3.21. The Labute approximate surface area is 132 Å². The molecule has 1 heterocycles. The summed E-state index contributed by atoms with van der Waals surface area (Å²) in [5.41, 5.74) is 2.09. The molecule has 23 heavy (non-hydrogen) atoms. The summed E-state index contributed by atoms with van der Waals surface area (Å²) in [6.07, 6.45) is 4.16. The number of hydrogen-bond donors (Lipinski definition) is 2. The second-order valence-corrected chi connectivity index (χ2v) is 4.90. The molecule has 0 saturated heterocycles. The van der Waals surface area contributed by atoms with Crippen LogP contribution in [0.3, 0.4) is 0 Å². The minimum atomic E-state index is -1.01. The molecule has 0 atom stereocenters. The lowest BCUT2D eigenvalue weighted by atomic mass is 10.1. The van der Waals surface area contributed by atoms with E-state index in [2.05, 4.69) is 5.32 Å². The molecule has 0 saturated carbocycles. The lowest BCUT2D eigenvalue weighted by molar-refractivity contribution is -0.131. The molecule has 114 valence electrons. The van der Waals surface area contributed by atoms with Crippen LogP contribution in [0.2, 0.25) is 0 Å². The first-order chi connectivity index (χ1) is 11.1. The quantitative estimate of drug-likeness (QED) is 0.854. The van der Waals surface area contributed by atoms with Gasteiger partial charge in [0.15, 0.2) is 11.5 Å². The van der Waals surface area contributed by atoms with Crippen molar-refractivity contribution in [3.05, 3.63) is 71.5 Å². The van der Waals surface area contributed by atoms with Gasteiger partial charge in [-0.2, -0.15) is 0 Å². The number of carboxylic acid groups (broad SMARTS) is 1. The Kier molecular flexibility index (Phi) is 3.93. The molecule has 5 nitrogen and oxygen atoms in total. The van der Waals surface area contributed by atoms with Gasteiger partial charge >= 0.3 is 5.97 Å². The molecule has 2 aromatic rings. The number of amides is 1. The first-order valence-electron chi connectivity index (χ1n) is 6.93. The number of rotatable bonds is 3. The number of nitrogens with one attached hydrogen (secondary N) is 1. The Balaban J connectivity index is 1.89. The van der Waals surface area contributed by atoms with Crippen LogP contribution >= 0.6 is 0 Å². The van der Waals surface area contributed by atoms with Gasteiger partial charge in [-0.25, -0.2) is 4.79 Å². The van der Waals surface area contributed by atoms with Crippen LogP contribution in [-0.2, 0) is 9.59 Å². The molecular formula is C18H13NO4. The van der Waals surface area contributed by atoms with Crippen LogP contribution in [-0.4, -0.2) is 17.0 Å². The average Bonchev–Trinajstić information content (AvgIpc) is 2.54. The van der Waals surface area contributed by atoms with Crippen molar-refractivity contribution in [2.24, 2.45) is 0 Å². The summed E-state index contributed by atoms with van der Waals surface area (Å²) in [5.74, 6) is -0.570. The Bertz CT molecular complexity index is 836. The van der Waals surface area contributed by atoms with Crippen LogP contribution in [0.15, 0.2) is 60.4 Å². The summed E-state index contributed by atoms with van der Waals surface area (Å²) in [6.45, 7) is 0. The van der Waals surface area contributed by atoms with Gasteiger partial charge in [0.1, 0.15) is 0 Å². The number of fused-ring (bicyclic) bond motifs is 1. The maximum absolute atomic E-state index is 12.1. The summed E-state index contributed by atoms with van der Waals surface area (Å²) >= 11 is 0. The number of benzene rings is 2. The highest BCUT2D eigenvalue weighted by Crippen LogP contribution is 2.30. The molecular weight excluding hydrogens is 294 g/mol. The lowest BCUT2D eigenvalue weighted by Gasteiger charge is -2.19. The molecule has 0 radical (unpaired) electrons. The second-order valence-electron chi connectivity index (χ2n) is 4.90. The van der Waals surface area contributed by atoms with Crippen molar-refractivity contribution in [3.63, 3.8) is 0 Å². The first kappa shape index (κ1) is 14.6. The van der Waals surface area contributed by atoms with Crippen LogP contribution < -0.4 is 10.1 Å². The van der Waals surface area contributed by atoms with E-state index in [1.54, 1.807) is 36.4 Å². The zero-order chi connectivity index (χ0) is 16.2. The molecule has 2 N–H and O–H groups in total. The second kappa shape index (κ2) is 6.19. The summed E-state index contributed by atoms with van der Waals surface area (Å²) in [5, 5.41) is 11.4. The van der Waals surface area contributed by atoms with Crippen molar-refractivity contribution in [1.29, 1.82) is 0 Å². The van der Waals surface area contributed by atoms with Crippen molar-refractivity contribution >= 4 is 29.7 Å². The fraction of sp³-hybridized carbons (Fsp3) is 0. The van der Waals surface area contributed by atoms with Crippen molar-refractivity contribution in [1.82, 2.24) is 0 Å². The van der Waals surface area contributed by atoms with Gasteiger partial charge < -0.3 is 15.2 Å². The van der Waals surface area contributed by atoms with Gasteiger partial charge in [-0.3, -0.25) is 4.79 Å². The number of carbonyl (C=O) groups excluding carboxylic acids is 1. The molecule has 0 aromatic heterocycles. The molecule has 2 aromatic carbocycles. The van der Waals surface area contributed by atoms with E-state index in [1.807, 2.05) is 18.2 Å². The zero-order valence-corrected chi connectivity index (χ0v) is 12.0. The van der Waals surface area contributed by atoms with E-state index in [9.17, 15) is 9.59 Å². The van der Waals surface area contributed by atoms with Crippen LogP contribution in [0, 0.1) is 0 Å². The SMILES string of the molecule is O=C(O)/C=C/c1cccc(/C=C2\Oc3ccccc3NC2=O)c1. The van der Waals surface area contributed by atoms with Crippen molar-refractivity contribution in [2.45, 2.75) is 0 Å². The van der Waals surface area contributed by atoms with E-state index in [4.69, 9.17) is 9.84 Å². The van der Waals surface area contributed by atoms with Gasteiger partial charge in [0, 0.05) is 6.08 Å². The topological polar surface area (TPSA) is 75.6 Å². The predicted molar refractivity (Wildman–Crippen MR) is 86.8 cm³/mol. The van der Waals surface area contributed by atoms with Crippen molar-refractivity contribution in [2.75, 3.05) is 5.32 Å². The number of ether oxygens (including phenoxy) is 1. The number of anilines is 1. The van der Waals surface area contributed by atoms with Crippen molar-refractivity contribution in [3.8, 4) is 5.75 Å². The van der Waals surface area contributed by atoms with Gasteiger partial charge in [0.25, 0.3) is 5.91 Å². The minimum Gasteiger partial charge on any atom is -0.478 e. The standard InChI is InChI=1S/C18H13NO4/c20-17(21)9-8-12-4-3-5-13(10-12)11-16-18(22)19-14-6-1-2-7-15(14)23-16/h1-11H,(H,19,22)(H,20,21)/b9-8+,16-11-. The fourth-order valence-corrected chi connectivity index (χ4v) is 2.17. The predicted octanol–water partition coefficient (Wildman–Crippen LogP) is 3.16. The number of carbonyl (C=O) groups is 2. The highest BCUT2D eigenvalue weighted by atomic mass is 16.5.